The predicted octanol–water partition coefficient (Wildman–Crippen LogP) is 0.175. The van der Waals surface area contributed by atoms with E-state index in [1.807, 2.05) is 18.5 Å². The fraction of sp³-hybridized carbons (Fsp3) is 0.706. The van der Waals surface area contributed by atoms with Crippen LogP contribution in [0.1, 0.15) is 30.8 Å². The largest absolute Gasteiger partial charge is 0.480 e. The first-order chi connectivity index (χ1) is 11.9. The summed E-state index contributed by atoms with van der Waals surface area (Å²) in [7, 11) is 0. The lowest BCUT2D eigenvalue weighted by Gasteiger charge is -2.17. The van der Waals surface area contributed by atoms with Gasteiger partial charge in [-0.2, -0.15) is 5.10 Å². The molecule has 1 rings (SSSR count). The molecule has 0 radical (unpaired) electrons. The van der Waals surface area contributed by atoms with E-state index in [0.717, 1.165) is 36.6 Å². The quantitative estimate of drug-likeness (QED) is 0.464. The number of nitrogens with zero attached hydrogens (tertiary/aromatic N) is 3. The maximum absolute atomic E-state index is 12.2. The monoisotopic (exact) mass is 353 g/mol. The van der Waals surface area contributed by atoms with Gasteiger partial charge in [-0.1, -0.05) is 13.8 Å². The summed E-state index contributed by atoms with van der Waals surface area (Å²) >= 11 is 0. The van der Waals surface area contributed by atoms with E-state index in [4.69, 9.17) is 5.11 Å². The van der Waals surface area contributed by atoms with Crippen LogP contribution in [0.5, 0.6) is 0 Å². The highest BCUT2D eigenvalue weighted by atomic mass is 16.4. The third kappa shape index (κ3) is 7.23. The molecule has 8 heteroatoms. The molecule has 0 fully saturated rings. The van der Waals surface area contributed by atoms with E-state index >= 15 is 0 Å². The van der Waals surface area contributed by atoms with Gasteiger partial charge in [-0.3, -0.25) is 14.3 Å². The summed E-state index contributed by atoms with van der Waals surface area (Å²) in [6.07, 6.45) is 0.318. The number of aryl methyl sites for hydroxylation is 1. The number of carbonyl (C=O) groups is 2. The molecule has 1 aromatic rings. The van der Waals surface area contributed by atoms with E-state index in [1.165, 1.54) is 0 Å². The molecule has 142 valence electrons. The van der Waals surface area contributed by atoms with Crippen LogP contribution in [-0.4, -0.2) is 70.9 Å². The highest BCUT2D eigenvalue weighted by Gasteiger charge is 2.15. The van der Waals surface area contributed by atoms with Crippen LogP contribution in [0, 0.1) is 13.8 Å². The number of amides is 1. The molecule has 3 N–H and O–H groups in total. The highest BCUT2D eigenvalue weighted by molar-refractivity contribution is 5.79. The Balaban J connectivity index is 2.49. The summed E-state index contributed by atoms with van der Waals surface area (Å²) in [4.78, 5) is 24.9. The summed E-state index contributed by atoms with van der Waals surface area (Å²) in [5.41, 5.74) is 2.74. The molecule has 8 nitrogen and oxygen atoms in total. The number of aromatic nitrogens is 2. The average molecular weight is 353 g/mol. The van der Waals surface area contributed by atoms with Crippen LogP contribution >= 0.6 is 0 Å². The Kier molecular flexibility index (Phi) is 9.15. The first-order valence-corrected chi connectivity index (χ1v) is 8.83. The lowest BCUT2D eigenvalue weighted by Crippen LogP contribution is -2.35. The highest BCUT2D eigenvalue weighted by Crippen LogP contribution is 2.13. The number of carboxylic acids is 1. The van der Waals surface area contributed by atoms with E-state index in [1.54, 1.807) is 0 Å². The van der Waals surface area contributed by atoms with Crippen molar-refractivity contribution in [2.24, 2.45) is 0 Å². The number of carbonyl (C=O) groups excluding carboxylic acids is 1. The number of hydrogen-bond acceptors (Lipinski definition) is 5. The molecule has 0 aliphatic rings. The molecule has 0 saturated carbocycles. The van der Waals surface area contributed by atoms with Gasteiger partial charge in [0.2, 0.25) is 5.91 Å². The fourth-order valence-electron chi connectivity index (χ4n) is 2.70. The number of aliphatic carboxylic acids is 1. The molecule has 0 aromatic carbocycles. The molecule has 0 spiro atoms. The third-order valence-corrected chi connectivity index (χ3v) is 4.29. The number of nitrogens with one attached hydrogen (secondary N) is 2. The normalized spacial score (nSPS) is 11.1. The minimum Gasteiger partial charge on any atom is -0.480 e. The van der Waals surface area contributed by atoms with Crippen molar-refractivity contribution in [3.05, 3.63) is 17.0 Å². The Hall–Kier alpha value is -1.93. The molecule has 1 heterocycles. The zero-order valence-corrected chi connectivity index (χ0v) is 15.8. The van der Waals surface area contributed by atoms with Crippen molar-refractivity contribution in [3.63, 3.8) is 0 Å². The van der Waals surface area contributed by atoms with Crippen LogP contribution in [0.4, 0.5) is 0 Å². The summed E-state index contributed by atoms with van der Waals surface area (Å²) in [6, 6.07) is 0. The van der Waals surface area contributed by atoms with E-state index in [-0.39, 0.29) is 12.5 Å². The van der Waals surface area contributed by atoms with Crippen LogP contribution in [-0.2, 0) is 22.6 Å². The van der Waals surface area contributed by atoms with Crippen molar-refractivity contribution in [1.29, 1.82) is 0 Å². The predicted molar refractivity (Wildman–Crippen MR) is 96.7 cm³/mol. The van der Waals surface area contributed by atoms with Crippen LogP contribution in [0.25, 0.3) is 0 Å². The van der Waals surface area contributed by atoms with Crippen molar-refractivity contribution >= 4 is 11.9 Å². The Bertz CT molecular complexity index is 567. The minimum absolute atomic E-state index is 0.00177. The topological polar surface area (TPSA) is 99.5 Å². The van der Waals surface area contributed by atoms with Gasteiger partial charge in [0.25, 0.3) is 0 Å². The zero-order chi connectivity index (χ0) is 18.8. The van der Waals surface area contributed by atoms with Crippen molar-refractivity contribution in [2.45, 2.75) is 40.7 Å². The molecule has 0 aliphatic heterocycles. The standard InChI is InChI=1S/C17H31N5O3/c1-5-21(6-2)9-8-19-16(23)11-15-13(3)20-22(14(15)4)10-7-18-12-17(24)25/h18H,5-12H2,1-4H3,(H,19,23)(H,24,25). The molecule has 0 atom stereocenters. The maximum atomic E-state index is 12.2. The summed E-state index contributed by atoms with van der Waals surface area (Å²) in [5, 5.41) is 18.9. The third-order valence-electron chi connectivity index (χ3n) is 4.29. The number of hydrogen-bond donors (Lipinski definition) is 3. The van der Waals surface area contributed by atoms with Gasteiger partial charge in [0.1, 0.15) is 0 Å². The second-order valence-corrected chi connectivity index (χ2v) is 6.00. The van der Waals surface area contributed by atoms with Crippen LogP contribution in [0.3, 0.4) is 0 Å². The first-order valence-electron chi connectivity index (χ1n) is 8.83. The minimum atomic E-state index is -0.879. The molecule has 25 heavy (non-hydrogen) atoms. The van der Waals surface area contributed by atoms with Crippen molar-refractivity contribution in [3.8, 4) is 0 Å². The molecule has 0 saturated heterocycles. The second kappa shape index (κ2) is 10.8. The van der Waals surface area contributed by atoms with Gasteiger partial charge in [0.05, 0.1) is 25.2 Å². The number of carboxylic acid groups (broad SMARTS) is 1. The molecular formula is C17H31N5O3. The summed E-state index contributed by atoms with van der Waals surface area (Å²) in [6.45, 7) is 12.5. The number of rotatable bonds is 12. The molecule has 0 aliphatic carbocycles. The molecular weight excluding hydrogens is 322 g/mol. The molecule has 1 amide bonds. The van der Waals surface area contributed by atoms with Gasteiger partial charge in [-0.25, -0.2) is 0 Å². The molecule has 1 aromatic heterocycles. The Morgan fingerprint density at radius 3 is 2.48 bits per heavy atom. The van der Waals surface area contributed by atoms with Crippen molar-refractivity contribution in [2.75, 3.05) is 39.3 Å². The Labute approximate surface area is 149 Å². The fourth-order valence-corrected chi connectivity index (χ4v) is 2.70. The van der Waals surface area contributed by atoms with E-state index < -0.39 is 5.97 Å². The van der Waals surface area contributed by atoms with Crippen LogP contribution < -0.4 is 10.6 Å². The van der Waals surface area contributed by atoms with E-state index in [9.17, 15) is 9.59 Å². The van der Waals surface area contributed by atoms with Gasteiger partial charge in [-0.15, -0.1) is 0 Å². The average Bonchev–Trinajstić information content (AvgIpc) is 2.83. The first kappa shape index (κ1) is 21.1. The lowest BCUT2D eigenvalue weighted by molar-refractivity contribution is -0.136. The van der Waals surface area contributed by atoms with Gasteiger partial charge in [0.15, 0.2) is 0 Å². The Morgan fingerprint density at radius 2 is 1.88 bits per heavy atom. The summed E-state index contributed by atoms with van der Waals surface area (Å²) in [5.74, 6) is -0.877. The van der Waals surface area contributed by atoms with Crippen LogP contribution in [0.2, 0.25) is 0 Å². The molecule has 0 bridgehead atoms. The lowest BCUT2D eigenvalue weighted by atomic mass is 10.1. The van der Waals surface area contributed by atoms with E-state index in [0.29, 0.717) is 26.1 Å². The van der Waals surface area contributed by atoms with Gasteiger partial charge in [-0.05, 0) is 26.9 Å². The van der Waals surface area contributed by atoms with Crippen LogP contribution in [0.15, 0.2) is 0 Å². The smallest absolute Gasteiger partial charge is 0.317 e. The van der Waals surface area contributed by atoms with Gasteiger partial charge in [0, 0.05) is 30.9 Å². The molecule has 0 unspecified atom stereocenters. The van der Waals surface area contributed by atoms with Crippen molar-refractivity contribution in [1.82, 2.24) is 25.3 Å². The van der Waals surface area contributed by atoms with E-state index in [2.05, 4.69) is 34.5 Å². The SMILES string of the molecule is CCN(CC)CCNC(=O)Cc1c(C)nn(CCNCC(=O)O)c1C. The maximum Gasteiger partial charge on any atom is 0.317 e. The zero-order valence-electron chi connectivity index (χ0n) is 15.8. The van der Waals surface area contributed by atoms with Gasteiger partial charge >= 0.3 is 5.97 Å². The second-order valence-electron chi connectivity index (χ2n) is 6.00. The Morgan fingerprint density at radius 1 is 1.20 bits per heavy atom. The van der Waals surface area contributed by atoms with Crippen molar-refractivity contribution < 1.29 is 14.7 Å². The summed E-state index contributed by atoms with van der Waals surface area (Å²) < 4.78 is 1.82. The van der Waals surface area contributed by atoms with Gasteiger partial charge < -0.3 is 20.6 Å². The number of likely N-dealkylation sites (N-methyl/N-ethyl adjacent to an activating group) is 1.